The fourth-order valence-electron chi connectivity index (χ4n) is 11.5. The number of rotatable bonds is 23. The molecule has 0 spiro atoms. The van der Waals surface area contributed by atoms with E-state index < -0.39 is 5.69 Å². The number of carbonyl (C=O) groups excluding carboxylic acids is 4. The molecule has 9 N–H and O–H groups in total. The molecule has 0 aliphatic carbocycles. The standard InChI is InChI=1S/2C23H27ClN6O2S.C17H14Cl2N4OS.C6H14N2O.C5H6N2O2.C3H6O/c2*1-15-4-3-5-18(24)17(15)12-19(32)20-14-25-23(33-20)28-21-13-22(27-16(2)26-21)30-8-6-29(7-9-30)10-11-31;1-9-4-3-5-12(18)11(9)6-13(24)14-8-20-17(25-14)23-16-7-15(19)21-10(2)22-16;9-6-5-8-3-1-7-2-4-8;1-3-2-6-5(9)7-4(3)8;1-3(2)4/h2*3-5,13-14,31H,6-12H2,1-2H3,(H,25,26,27,28);3-5,7-8H,6H2,1-2H3,(H,20,21,22,23);7,9H,1-6H2;2H,1H3,(H2,6,7,8,9);1-2H3/i;;;;;1D. The van der Waals surface area contributed by atoms with Gasteiger partial charge in [-0.05, 0) is 114 Å². The third kappa shape index (κ3) is 29.1. The molecule has 10 heterocycles. The number of thiazole rings is 3. The van der Waals surface area contributed by atoms with E-state index in [4.69, 9.17) is 63.1 Å². The number of aliphatic hydroxyl groups is 3. The largest absolute Gasteiger partial charge is 0.395 e. The van der Waals surface area contributed by atoms with Crippen molar-refractivity contribution in [2.45, 2.75) is 81.6 Å². The average Bonchev–Trinajstić information content (AvgIpc) is 1.60. The average molecular weight is 1680 g/mol. The molecule has 0 atom stereocenters. The number of ketones is 4. The van der Waals surface area contributed by atoms with Gasteiger partial charge in [0.1, 0.15) is 57.5 Å². The van der Waals surface area contributed by atoms with Crippen LogP contribution in [0.25, 0.3) is 0 Å². The van der Waals surface area contributed by atoms with E-state index in [1.807, 2.05) is 83.1 Å². The molecule has 0 bridgehead atoms. The first-order valence-corrected chi connectivity index (χ1v) is 40.1. The SMILES string of the molecule is Cc1c[nH]c(=O)[nH]c1=O.Cc1nc(Cl)cc(Nc2ncc(C(=O)Cc3c(C)cccc3Cl)s2)n1.Cc1nc(Nc2ncc(C(=O)Cc3c(C)cccc3Cl)s2)cc(N2CCN(CCO)CC2)n1.Cc1nc(Nc2ncc(C(=O)Cc3c(C)cccc3Cl)s2)cc(N2CCN(CCO)CC2)n1.OCCN1CCNCC1.[2H]CC(C)=O. The topological polar surface area (TPSA) is 375 Å². The number of aromatic amines is 2. The summed E-state index contributed by atoms with van der Waals surface area (Å²) in [5, 5.41) is 43.5. The van der Waals surface area contributed by atoms with Crippen molar-refractivity contribution >= 4 is 148 Å². The molecule has 10 aromatic rings. The highest BCUT2D eigenvalue weighted by atomic mass is 35.5. The lowest BCUT2D eigenvalue weighted by molar-refractivity contribution is -0.115. The number of β-amino-alcohol motifs (C(OH)–C–C–N with tert-alkyl or cyclic N) is 3. The number of aliphatic hydroxyl groups excluding tert-OH is 3. The number of aromatic nitrogens is 11. The Kier molecular flexibility index (Phi) is 35.2. The van der Waals surface area contributed by atoms with Crippen LogP contribution in [0, 0.1) is 48.5 Å². The summed E-state index contributed by atoms with van der Waals surface area (Å²) in [6.07, 6.45) is 6.84. The van der Waals surface area contributed by atoms with Crippen LogP contribution in [0.2, 0.25) is 20.2 Å². The van der Waals surface area contributed by atoms with Gasteiger partial charge in [-0.2, -0.15) is 0 Å². The van der Waals surface area contributed by atoms with Crippen LogP contribution in [0.3, 0.4) is 0 Å². The van der Waals surface area contributed by atoms with Gasteiger partial charge in [-0.25, -0.2) is 49.7 Å². The minimum atomic E-state index is -0.467. The van der Waals surface area contributed by atoms with Gasteiger partial charge in [0.15, 0.2) is 32.7 Å². The van der Waals surface area contributed by atoms with Gasteiger partial charge < -0.3 is 56.2 Å². The van der Waals surface area contributed by atoms with Crippen LogP contribution in [0.5, 0.6) is 0 Å². The van der Waals surface area contributed by atoms with E-state index in [0.717, 1.165) is 130 Å². The van der Waals surface area contributed by atoms with Crippen molar-refractivity contribution in [2.24, 2.45) is 0 Å². The van der Waals surface area contributed by atoms with Gasteiger partial charge in [-0.3, -0.25) is 38.9 Å². The lowest BCUT2D eigenvalue weighted by Gasteiger charge is -2.35. The quantitative estimate of drug-likeness (QED) is 0.0212. The number of nitrogens with one attached hydrogen (secondary N) is 6. The summed E-state index contributed by atoms with van der Waals surface area (Å²) < 4.78 is 6.31. The Morgan fingerprint density at radius 2 is 0.832 bits per heavy atom. The molecule has 3 aromatic carbocycles. The molecule has 29 nitrogen and oxygen atoms in total. The molecule has 7 aromatic heterocycles. The number of hydrogen-bond donors (Lipinski definition) is 9. The minimum absolute atomic E-state index is 0.0166. The first kappa shape index (κ1) is 88.0. The van der Waals surface area contributed by atoms with E-state index in [1.165, 1.54) is 47.1 Å². The summed E-state index contributed by atoms with van der Waals surface area (Å²) in [6, 6.07) is 22.3. The molecule has 0 amide bonds. The predicted octanol–water partition coefficient (Wildman–Crippen LogP) is 10.8. The Labute approximate surface area is 689 Å². The highest BCUT2D eigenvalue weighted by Gasteiger charge is 2.24. The fourth-order valence-corrected chi connectivity index (χ4v) is 14.9. The first-order chi connectivity index (χ1) is 54.7. The summed E-state index contributed by atoms with van der Waals surface area (Å²) in [6.45, 7) is 28.3. The van der Waals surface area contributed by atoms with Crippen molar-refractivity contribution in [1.82, 2.24) is 74.8 Å². The van der Waals surface area contributed by atoms with Crippen molar-refractivity contribution in [3.05, 3.63) is 210 Å². The second-order valence-electron chi connectivity index (χ2n) is 26.2. The van der Waals surface area contributed by atoms with Crippen LogP contribution in [0.1, 0.15) is 101 Å². The second-order valence-corrected chi connectivity index (χ2v) is 30.9. The summed E-state index contributed by atoms with van der Waals surface area (Å²) in [5.74, 6) is 5.27. The summed E-state index contributed by atoms with van der Waals surface area (Å²) in [5.41, 5.74) is 5.24. The maximum absolute atomic E-state index is 12.8. The molecule has 3 saturated heterocycles. The lowest BCUT2D eigenvalue weighted by Crippen LogP contribution is -2.47. The molecular weight excluding hydrogens is 1590 g/mol. The van der Waals surface area contributed by atoms with E-state index in [-0.39, 0.29) is 68.1 Å². The van der Waals surface area contributed by atoms with Gasteiger partial charge in [0.05, 0.1) is 53.0 Å². The lowest BCUT2D eigenvalue weighted by atomic mass is 10.0. The molecule has 0 unspecified atom stereocenters. The number of benzene rings is 3. The van der Waals surface area contributed by atoms with Crippen molar-refractivity contribution in [3.8, 4) is 0 Å². The Balaban J connectivity index is 0.000000188. The monoisotopic (exact) mass is 1680 g/mol. The van der Waals surface area contributed by atoms with Gasteiger partial charge in [0.25, 0.3) is 5.56 Å². The molecular formula is C77H94Cl4N20O9S3. The molecule has 0 saturated carbocycles. The normalized spacial score (nSPS) is 13.7. The predicted molar refractivity (Wildman–Crippen MR) is 451 cm³/mol. The third-order valence-electron chi connectivity index (χ3n) is 17.4. The number of aryl methyl sites for hydroxylation is 7. The van der Waals surface area contributed by atoms with Crippen molar-refractivity contribution in [3.63, 3.8) is 0 Å². The van der Waals surface area contributed by atoms with Gasteiger partial charge in [0.2, 0.25) is 0 Å². The van der Waals surface area contributed by atoms with Gasteiger partial charge in [-0.1, -0.05) is 117 Å². The van der Waals surface area contributed by atoms with E-state index in [9.17, 15) is 28.8 Å². The molecule has 36 heteroatoms. The number of Topliss-reactive ketones (excluding diaryl/α,β-unsaturated/α-hetero) is 4. The number of anilines is 8. The first-order valence-electron chi connectivity index (χ1n) is 36.9. The summed E-state index contributed by atoms with van der Waals surface area (Å²) in [4.78, 5) is 125. The Hall–Kier alpha value is -8.97. The van der Waals surface area contributed by atoms with Gasteiger partial charge in [-0.15, -0.1) is 0 Å². The van der Waals surface area contributed by atoms with Crippen LogP contribution in [-0.2, 0) is 24.1 Å². The third-order valence-corrected chi connectivity index (χ3v) is 21.5. The number of hydrogen-bond acceptors (Lipinski definition) is 30. The van der Waals surface area contributed by atoms with Crippen LogP contribution in [-0.4, -0.2) is 226 Å². The maximum Gasteiger partial charge on any atom is 0.325 e. The molecule has 113 heavy (non-hydrogen) atoms. The number of nitrogens with zero attached hydrogens (tertiary/aromatic N) is 14. The van der Waals surface area contributed by atoms with Crippen molar-refractivity contribution < 1.29 is 35.9 Å². The van der Waals surface area contributed by atoms with E-state index in [2.05, 4.69) is 101 Å². The maximum atomic E-state index is 12.8. The number of H-pyrrole nitrogens is 2. The molecule has 3 fully saturated rings. The second kappa shape index (κ2) is 45.2. The van der Waals surface area contributed by atoms with Gasteiger partial charge in [0, 0.05) is 164 Å². The molecule has 0 radical (unpaired) electrons. The molecule has 3 aliphatic heterocycles. The number of piperazine rings is 3. The highest BCUT2D eigenvalue weighted by Crippen LogP contribution is 2.32. The van der Waals surface area contributed by atoms with E-state index in [1.54, 1.807) is 56.7 Å². The minimum Gasteiger partial charge on any atom is -0.395 e. The fraction of sp³-hybridized carbons (Fsp3) is 0.390. The summed E-state index contributed by atoms with van der Waals surface area (Å²) >= 11 is 28.5. The summed E-state index contributed by atoms with van der Waals surface area (Å²) in [7, 11) is 0. The van der Waals surface area contributed by atoms with Crippen LogP contribution >= 0.6 is 80.4 Å². The van der Waals surface area contributed by atoms with Crippen molar-refractivity contribution in [2.75, 3.05) is 144 Å². The van der Waals surface area contributed by atoms with Gasteiger partial charge >= 0.3 is 5.69 Å². The van der Waals surface area contributed by atoms with Crippen LogP contribution in [0.4, 0.5) is 44.5 Å². The molecule has 602 valence electrons. The smallest absolute Gasteiger partial charge is 0.325 e. The zero-order valence-electron chi connectivity index (χ0n) is 65.1. The Morgan fingerprint density at radius 3 is 1.15 bits per heavy atom. The Bertz CT molecular complexity index is 4690. The van der Waals surface area contributed by atoms with Crippen LogP contribution in [0.15, 0.2) is 107 Å². The zero-order valence-corrected chi connectivity index (χ0v) is 69.6. The molecule has 3 aliphatic rings. The van der Waals surface area contributed by atoms with Crippen LogP contribution < -0.4 is 42.3 Å². The highest BCUT2D eigenvalue weighted by molar-refractivity contribution is 7.18. The number of halogens is 4. The van der Waals surface area contributed by atoms with E-state index in [0.29, 0.717) is 110 Å². The zero-order chi connectivity index (χ0) is 82.4. The molecule has 13 rings (SSSR count). The van der Waals surface area contributed by atoms with Crippen molar-refractivity contribution in [1.29, 1.82) is 0 Å². The van der Waals surface area contributed by atoms with E-state index >= 15 is 0 Å². The number of carbonyl (C=O) groups is 4. The Morgan fingerprint density at radius 1 is 0.487 bits per heavy atom.